The third-order valence-corrected chi connectivity index (χ3v) is 3.34. The average molecular weight is 300 g/mol. The minimum Gasteiger partial charge on any atom is -0.370 e. The van der Waals surface area contributed by atoms with E-state index in [2.05, 4.69) is 10.3 Å². The summed E-state index contributed by atoms with van der Waals surface area (Å²) >= 11 is 0. The number of anilines is 1. The molecule has 1 saturated heterocycles. The van der Waals surface area contributed by atoms with E-state index >= 15 is 0 Å². The fourth-order valence-corrected chi connectivity index (χ4v) is 2.40. The first-order valence-electron chi connectivity index (χ1n) is 6.83. The number of nitrogens with two attached hydrogens (primary N) is 1. The van der Waals surface area contributed by atoms with Crippen LogP contribution in [-0.4, -0.2) is 43.2 Å². The van der Waals surface area contributed by atoms with E-state index in [1.165, 1.54) is 4.90 Å². The fourth-order valence-electron chi connectivity index (χ4n) is 2.40. The van der Waals surface area contributed by atoms with Crippen LogP contribution in [-0.2, 0) is 0 Å². The van der Waals surface area contributed by atoms with Gasteiger partial charge in [-0.1, -0.05) is 18.2 Å². The van der Waals surface area contributed by atoms with Crippen LogP contribution in [0.4, 0.5) is 18.9 Å². The maximum Gasteiger partial charge on any atom is 0.401 e. The van der Waals surface area contributed by atoms with Gasteiger partial charge in [0.15, 0.2) is 5.96 Å². The highest BCUT2D eigenvalue weighted by atomic mass is 19.4. The lowest BCUT2D eigenvalue weighted by atomic mass is 10.1. The van der Waals surface area contributed by atoms with Gasteiger partial charge in [-0.2, -0.15) is 13.2 Å². The van der Waals surface area contributed by atoms with Crippen LogP contribution in [0.25, 0.3) is 0 Å². The lowest BCUT2D eigenvalue weighted by Gasteiger charge is -2.17. The van der Waals surface area contributed by atoms with Crippen LogP contribution in [0.2, 0.25) is 0 Å². The largest absolute Gasteiger partial charge is 0.401 e. The molecule has 1 unspecified atom stereocenters. The third-order valence-electron chi connectivity index (χ3n) is 3.34. The molecule has 0 bridgehead atoms. The molecular weight excluding hydrogens is 281 g/mol. The number of hydrogen-bond acceptors (Lipinski definition) is 2. The van der Waals surface area contributed by atoms with E-state index in [1.807, 2.05) is 30.3 Å². The van der Waals surface area contributed by atoms with Crippen LogP contribution in [0.3, 0.4) is 0 Å². The average Bonchev–Trinajstić information content (AvgIpc) is 2.83. The van der Waals surface area contributed by atoms with Gasteiger partial charge in [0.1, 0.15) is 0 Å². The summed E-state index contributed by atoms with van der Waals surface area (Å²) in [5, 5.41) is 2.95. The first-order chi connectivity index (χ1) is 9.92. The monoisotopic (exact) mass is 300 g/mol. The van der Waals surface area contributed by atoms with E-state index in [1.54, 1.807) is 0 Å². The summed E-state index contributed by atoms with van der Waals surface area (Å²) in [5.41, 5.74) is 6.60. The maximum atomic E-state index is 12.3. The molecule has 1 atom stereocenters. The molecule has 0 amide bonds. The molecule has 0 aromatic heterocycles. The molecule has 3 N–H and O–H groups in total. The van der Waals surface area contributed by atoms with Crippen molar-refractivity contribution >= 4 is 11.6 Å². The van der Waals surface area contributed by atoms with Gasteiger partial charge in [-0.15, -0.1) is 0 Å². The number of guanidine groups is 1. The van der Waals surface area contributed by atoms with Crippen molar-refractivity contribution in [1.82, 2.24) is 4.90 Å². The number of hydrogen-bond donors (Lipinski definition) is 2. The zero-order chi connectivity index (χ0) is 15.3. The fraction of sp³-hybridized carbons (Fsp3) is 0.500. The summed E-state index contributed by atoms with van der Waals surface area (Å²) in [7, 11) is 0. The summed E-state index contributed by atoms with van der Waals surface area (Å²) < 4.78 is 36.9. The minimum atomic E-state index is -4.13. The molecule has 21 heavy (non-hydrogen) atoms. The van der Waals surface area contributed by atoms with Crippen molar-refractivity contribution in [3.8, 4) is 0 Å². The molecule has 4 nitrogen and oxygen atoms in total. The summed E-state index contributed by atoms with van der Waals surface area (Å²) in [6.45, 7) is 0.484. The number of benzene rings is 1. The van der Waals surface area contributed by atoms with Crippen LogP contribution >= 0.6 is 0 Å². The number of nitrogens with one attached hydrogen (secondary N) is 1. The zero-order valence-electron chi connectivity index (χ0n) is 11.6. The minimum absolute atomic E-state index is 0.128. The van der Waals surface area contributed by atoms with Gasteiger partial charge in [0, 0.05) is 18.8 Å². The first kappa shape index (κ1) is 15.6. The SMILES string of the molecule is NC(=NCC1CCN(CC(F)(F)F)C1)Nc1ccccc1. The van der Waals surface area contributed by atoms with Crippen molar-refractivity contribution in [2.45, 2.75) is 12.6 Å². The van der Waals surface area contributed by atoms with Crippen LogP contribution in [0.15, 0.2) is 35.3 Å². The van der Waals surface area contributed by atoms with E-state index < -0.39 is 12.7 Å². The van der Waals surface area contributed by atoms with Gasteiger partial charge < -0.3 is 11.1 Å². The Morgan fingerprint density at radius 1 is 1.33 bits per heavy atom. The number of likely N-dealkylation sites (tertiary alicyclic amines) is 1. The van der Waals surface area contributed by atoms with Crippen molar-refractivity contribution in [3.63, 3.8) is 0 Å². The van der Waals surface area contributed by atoms with Crippen molar-refractivity contribution in [3.05, 3.63) is 30.3 Å². The van der Waals surface area contributed by atoms with Crippen molar-refractivity contribution in [2.24, 2.45) is 16.6 Å². The molecule has 0 spiro atoms. The number of aliphatic imine (C=N–C) groups is 1. The lowest BCUT2D eigenvalue weighted by molar-refractivity contribution is -0.143. The number of halogens is 3. The normalized spacial score (nSPS) is 20.7. The second-order valence-electron chi connectivity index (χ2n) is 5.22. The second-order valence-corrected chi connectivity index (χ2v) is 5.22. The van der Waals surface area contributed by atoms with Gasteiger partial charge in [0.25, 0.3) is 0 Å². The van der Waals surface area contributed by atoms with E-state index in [0.717, 1.165) is 12.1 Å². The smallest absolute Gasteiger partial charge is 0.370 e. The van der Waals surface area contributed by atoms with Gasteiger partial charge in [-0.3, -0.25) is 9.89 Å². The molecule has 1 aromatic rings. The molecule has 0 radical (unpaired) electrons. The Balaban J connectivity index is 1.77. The van der Waals surface area contributed by atoms with Gasteiger partial charge in [0.2, 0.25) is 0 Å². The highest BCUT2D eigenvalue weighted by Gasteiger charge is 2.34. The van der Waals surface area contributed by atoms with Gasteiger partial charge in [0.05, 0.1) is 6.54 Å². The molecule has 1 heterocycles. The second kappa shape index (κ2) is 6.80. The van der Waals surface area contributed by atoms with Crippen LogP contribution < -0.4 is 11.1 Å². The number of para-hydroxylation sites is 1. The standard InChI is InChI=1S/C14H19F3N4/c15-14(16,17)10-21-7-6-11(9-21)8-19-13(18)20-12-4-2-1-3-5-12/h1-5,11H,6-10H2,(H3,18,19,20). The molecule has 1 aromatic carbocycles. The number of alkyl halides is 3. The van der Waals surface area contributed by atoms with Gasteiger partial charge in [-0.05, 0) is 31.0 Å². The molecule has 2 rings (SSSR count). The summed E-state index contributed by atoms with van der Waals surface area (Å²) in [4.78, 5) is 5.63. The topological polar surface area (TPSA) is 53.6 Å². The molecule has 1 fully saturated rings. The third kappa shape index (κ3) is 5.63. The van der Waals surface area contributed by atoms with Crippen molar-refractivity contribution in [1.29, 1.82) is 0 Å². The predicted octanol–water partition coefficient (Wildman–Crippen LogP) is 2.30. The molecule has 1 aliphatic heterocycles. The Kier molecular flexibility index (Phi) is 5.06. The van der Waals surface area contributed by atoms with Crippen molar-refractivity contribution < 1.29 is 13.2 Å². The molecule has 1 aliphatic rings. The number of rotatable bonds is 4. The summed E-state index contributed by atoms with van der Waals surface area (Å²) in [5.74, 6) is 0.416. The molecule has 7 heteroatoms. The zero-order valence-corrected chi connectivity index (χ0v) is 11.6. The quantitative estimate of drug-likeness (QED) is 0.662. The Labute approximate surface area is 121 Å². The van der Waals surface area contributed by atoms with Crippen LogP contribution in [0, 0.1) is 5.92 Å². The van der Waals surface area contributed by atoms with E-state index in [4.69, 9.17) is 5.73 Å². The molecule has 116 valence electrons. The molecular formula is C14H19F3N4. The maximum absolute atomic E-state index is 12.3. The van der Waals surface area contributed by atoms with Gasteiger partial charge in [-0.25, -0.2) is 0 Å². The Bertz CT molecular complexity index is 473. The predicted molar refractivity (Wildman–Crippen MR) is 77.2 cm³/mol. The van der Waals surface area contributed by atoms with E-state index in [0.29, 0.717) is 19.6 Å². The Morgan fingerprint density at radius 3 is 2.71 bits per heavy atom. The van der Waals surface area contributed by atoms with E-state index in [-0.39, 0.29) is 11.9 Å². The van der Waals surface area contributed by atoms with Crippen LogP contribution in [0.5, 0.6) is 0 Å². The van der Waals surface area contributed by atoms with E-state index in [9.17, 15) is 13.2 Å². The highest BCUT2D eigenvalue weighted by Crippen LogP contribution is 2.22. The Hall–Kier alpha value is -1.76. The summed E-state index contributed by atoms with van der Waals surface area (Å²) in [6, 6.07) is 9.38. The Morgan fingerprint density at radius 2 is 2.05 bits per heavy atom. The lowest BCUT2D eigenvalue weighted by Crippen LogP contribution is -2.32. The first-order valence-corrected chi connectivity index (χ1v) is 6.83. The van der Waals surface area contributed by atoms with Crippen LogP contribution in [0.1, 0.15) is 6.42 Å². The van der Waals surface area contributed by atoms with Gasteiger partial charge >= 0.3 is 6.18 Å². The highest BCUT2D eigenvalue weighted by molar-refractivity contribution is 5.92. The molecule has 0 aliphatic carbocycles. The number of nitrogens with zero attached hydrogens (tertiary/aromatic N) is 2. The summed E-state index contributed by atoms with van der Waals surface area (Å²) in [6.07, 6.45) is -3.41. The molecule has 0 saturated carbocycles. The van der Waals surface area contributed by atoms with Crippen molar-refractivity contribution in [2.75, 3.05) is 31.5 Å².